The number of aryl methyl sites for hydroxylation is 1. The van der Waals surface area contributed by atoms with Gasteiger partial charge in [0, 0.05) is 146 Å². The number of hydrogen-bond acceptors (Lipinski definition) is 21. The van der Waals surface area contributed by atoms with E-state index in [4.69, 9.17) is 0 Å². The third-order valence-electron chi connectivity index (χ3n) is 12.0. The second kappa shape index (κ2) is 148. The summed E-state index contributed by atoms with van der Waals surface area (Å²) in [5.41, 5.74) is 8.20. The fraction of sp³-hybridized carbons (Fsp3) is 0.371. The fourth-order valence-electron chi connectivity index (χ4n) is 7.61. The van der Waals surface area contributed by atoms with E-state index < -0.39 is 0 Å². The lowest BCUT2D eigenvalue weighted by Gasteiger charge is -1.91. The number of nitrogens with zero attached hydrogens (tertiary/aromatic N) is 21. The number of hydrogen-bond donors (Lipinski definition) is 0. The number of para-hydroxylation sites is 4. The molecule has 0 bridgehead atoms. The minimum Gasteiger partial charge on any atom is -0.265 e. The van der Waals surface area contributed by atoms with Crippen molar-refractivity contribution >= 4 is 76.8 Å². The Morgan fingerprint density at radius 3 is 0.708 bits per heavy atom. The van der Waals surface area contributed by atoms with Crippen LogP contribution in [-0.4, -0.2) is 105 Å². The first-order valence-corrected chi connectivity index (χ1v) is 50.2. The molecule has 14 heterocycles. The molecule has 18 aromatic rings. The van der Waals surface area contributed by atoms with Crippen molar-refractivity contribution in [1.82, 2.24) is 105 Å². The van der Waals surface area contributed by atoms with Gasteiger partial charge in [-0.25, -0.2) is 54.8 Å². The van der Waals surface area contributed by atoms with E-state index in [-0.39, 0.29) is 0 Å². The van der Waals surface area contributed by atoms with Crippen molar-refractivity contribution in [3.63, 3.8) is 0 Å². The third-order valence-corrected chi connectivity index (χ3v) is 12.0. The molecule has 0 unspecified atom stereocenters. The highest BCUT2D eigenvalue weighted by atomic mass is 15.0. The molecule has 0 spiro atoms. The number of fused-ring (bicyclic) bond motifs is 7. The molecule has 0 saturated heterocycles. The van der Waals surface area contributed by atoms with Crippen LogP contribution in [0.5, 0.6) is 0 Å². The van der Waals surface area contributed by atoms with E-state index in [1.165, 1.54) is 35.1 Å². The molecule has 0 radical (unpaired) electrons. The molecule has 0 aliphatic carbocycles. The Hall–Kier alpha value is -13.7. The number of aromatic nitrogens is 21. The zero-order valence-corrected chi connectivity index (χ0v) is 93.4. The van der Waals surface area contributed by atoms with E-state index in [9.17, 15) is 0 Å². The average molecular weight is 1880 g/mol. The first kappa shape index (κ1) is 154. The van der Waals surface area contributed by atoms with Gasteiger partial charge in [-0.3, -0.25) is 49.8 Å². The van der Waals surface area contributed by atoms with Crippen molar-refractivity contribution in [3.8, 4) is 0 Å². The molecular weight excluding hydrogens is 1690 g/mol. The largest absolute Gasteiger partial charge is 0.265 e. The quantitative estimate of drug-likeness (QED) is 0.136. The van der Waals surface area contributed by atoms with Crippen molar-refractivity contribution in [3.05, 3.63) is 361 Å². The molecule has 0 saturated carbocycles. The second-order valence-electron chi connectivity index (χ2n) is 18.6. The van der Waals surface area contributed by atoms with Gasteiger partial charge in [-0.1, -0.05) is 376 Å². The van der Waals surface area contributed by atoms with Gasteiger partial charge in [-0.05, 0) is 133 Å². The van der Waals surface area contributed by atoms with E-state index in [1.54, 1.807) is 118 Å². The predicted molar refractivity (Wildman–Crippen MR) is 610 cm³/mol. The molecule has 137 heavy (non-hydrogen) atoms. The molecule has 14 aromatic heterocycles. The number of rotatable bonds is 0. The molecule has 0 amide bonds. The van der Waals surface area contributed by atoms with Gasteiger partial charge in [0.1, 0.15) is 36.7 Å². The van der Waals surface area contributed by atoms with E-state index in [1.807, 2.05) is 492 Å². The highest BCUT2D eigenvalue weighted by Crippen LogP contribution is 2.12. The van der Waals surface area contributed by atoms with Crippen LogP contribution in [0.25, 0.3) is 76.8 Å². The van der Waals surface area contributed by atoms with Crippen LogP contribution in [0.3, 0.4) is 0 Å². The van der Waals surface area contributed by atoms with Crippen LogP contribution in [0.15, 0.2) is 356 Å². The molecule has 21 nitrogen and oxygen atoms in total. The summed E-state index contributed by atoms with van der Waals surface area (Å²) in [6, 6.07) is 64.7. The zero-order chi connectivity index (χ0) is 108. The van der Waals surface area contributed by atoms with Crippen LogP contribution in [0.4, 0.5) is 0 Å². The molecule has 0 N–H and O–H groups in total. The zero-order valence-electron chi connectivity index (χ0n) is 93.4. The summed E-state index contributed by atoms with van der Waals surface area (Å²) in [6.07, 6.45) is 42.1. The lowest BCUT2D eigenvalue weighted by Crippen LogP contribution is -1.84. The van der Waals surface area contributed by atoms with Gasteiger partial charge in [-0.15, -0.1) is 0 Å². The first-order valence-electron chi connectivity index (χ1n) is 50.2. The van der Waals surface area contributed by atoms with Crippen LogP contribution in [0.1, 0.15) is 297 Å². The summed E-state index contributed by atoms with van der Waals surface area (Å²) in [7, 11) is 0. The SMILES string of the molecule is CC.CC.CC.CC.CC.CC.CC.CC.CC.CC.CC.CC.CC.CC.CC.CC.CC.CC.CC.CC.CC.Cc1ncncn1.c1ccc2cnccc2c1.c1ccc2ncccc2c1.c1ccc2nccnc2c1.c1ccc2ncncc2c1.c1ccncc1.c1cnc2cccnc2c1.c1cnc2ncccc2c1.c1cnc2nccnc2c1.c1cnccn1.c1cncnc1. The molecule has 0 aliphatic rings. The van der Waals surface area contributed by atoms with Crippen LogP contribution in [0, 0.1) is 6.92 Å². The van der Waals surface area contributed by atoms with Crippen molar-refractivity contribution in [1.29, 1.82) is 0 Å². The summed E-state index contributed by atoms with van der Waals surface area (Å²) in [5, 5.41) is 5.82. The highest BCUT2D eigenvalue weighted by molar-refractivity contribution is 5.81. The van der Waals surface area contributed by atoms with Crippen molar-refractivity contribution < 1.29 is 0 Å². The topological polar surface area (TPSA) is 271 Å². The van der Waals surface area contributed by atoms with E-state index >= 15 is 0 Å². The number of benzene rings is 4. The molecule has 0 atom stereocenters. The minimum atomic E-state index is 0.699. The Morgan fingerprint density at radius 1 is 0.124 bits per heavy atom. The van der Waals surface area contributed by atoms with E-state index in [0.717, 1.165) is 60.9 Å². The van der Waals surface area contributed by atoms with E-state index in [2.05, 4.69) is 129 Å². The molecule has 21 heteroatoms. The van der Waals surface area contributed by atoms with Gasteiger partial charge in [0.2, 0.25) is 0 Å². The van der Waals surface area contributed by atoms with Crippen molar-refractivity contribution in [2.24, 2.45) is 0 Å². The fourth-order valence-corrected chi connectivity index (χ4v) is 7.61. The summed E-state index contributed by atoms with van der Waals surface area (Å²) < 4.78 is 0. The monoisotopic (exact) mass is 1870 g/mol. The van der Waals surface area contributed by atoms with Gasteiger partial charge >= 0.3 is 0 Å². The van der Waals surface area contributed by atoms with Gasteiger partial charge < -0.3 is 0 Å². The van der Waals surface area contributed by atoms with E-state index in [0.29, 0.717) is 5.65 Å². The van der Waals surface area contributed by atoms with Gasteiger partial charge in [0.15, 0.2) is 11.3 Å². The Bertz CT molecular complexity index is 3680. The third kappa shape index (κ3) is 92.5. The highest BCUT2D eigenvalue weighted by Gasteiger charge is 1.94. The summed E-state index contributed by atoms with van der Waals surface area (Å²) >= 11 is 0. The minimum absolute atomic E-state index is 0.699. The smallest absolute Gasteiger partial charge is 0.178 e. The average Bonchev–Trinajstić information content (AvgIpc) is 0.913. The molecule has 18 rings (SSSR count). The van der Waals surface area contributed by atoms with Crippen LogP contribution >= 0.6 is 0 Å². The maximum atomic E-state index is 4.18. The molecule has 756 valence electrons. The number of pyridine rings is 8. The molecule has 0 aliphatic heterocycles. The normalized spacial score (nSPS) is 7.53. The first-order chi connectivity index (χ1) is 68.2. The lowest BCUT2D eigenvalue weighted by atomic mass is 10.2. The summed E-state index contributed by atoms with van der Waals surface area (Å²) in [4.78, 5) is 82.6. The maximum Gasteiger partial charge on any atom is 0.178 e. The van der Waals surface area contributed by atoms with Gasteiger partial charge in [0.25, 0.3) is 0 Å². The van der Waals surface area contributed by atoms with Crippen LogP contribution in [0.2, 0.25) is 0 Å². The van der Waals surface area contributed by atoms with Crippen LogP contribution < -0.4 is 0 Å². The van der Waals surface area contributed by atoms with Gasteiger partial charge in [-0.2, -0.15) is 0 Å². The predicted octanol–water partition coefficient (Wildman–Crippen LogP) is 35.8. The van der Waals surface area contributed by atoms with Crippen molar-refractivity contribution in [2.45, 2.75) is 298 Å². The van der Waals surface area contributed by atoms with Crippen LogP contribution in [-0.2, 0) is 0 Å². The summed E-state index contributed by atoms with van der Waals surface area (Å²) in [6.45, 7) is 85.8. The lowest BCUT2D eigenvalue weighted by molar-refractivity contribution is 0.974. The molecule has 0 fully saturated rings. The molecule has 4 aromatic carbocycles. The second-order valence-corrected chi connectivity index (χ2v) is 18.6. The molecular formula is C116H187N21. The van der Waals surface area contributed by atoms with Crippen molar-refractivity contribution in [2.75, 3.05) is 0 Å². The Balaban J connectivity index is -0.0000000977. The standard InChI is InChI=1S/2C9H7N.4C8H6N2.C7H5N3.C5H5N.C4H5N3.2C4H4N2.21C2H6/c1-2-6-9-8(4-1)5-3-7-10-9;1-2-4-9-7-10-6-5-8(9)3-1;1-3-7-8(9-5-1)4-2-6-10-7;1-3-7-4-2-6-10-8(7)9-5-1;1-2-4-8-7(3-1)5-9-6-10-8;1-2-4-8-7(3-1)9-5-6-10-8;1-2-6-7(9-3-1)10-5-4-8-6;1-2-4-6-5-3-1;1-4-6-2-5-3-7-4;1-2-6-4-3-5-1;1-2-5-4-6-3-1;21*1-2/h2*1-7H;4*1-6H;1-5H;1-5H;2-3H,1H3;2*1-4H;21*1-2H3. The maximum absolute atomic E-state index is 4.18. The Kier molecular flexibility index (Phi) is 167. The van der Waals surface area contributed by atoms with Gasteiger partial charge in [0.05, 0.1) is 33.1 Å². The Morgan fingerprint density at radius 2 is 0.387 bits per heavy atom. The Labute approximate surface area is 835 Å². The summed E-state index contributed by atoms with van der Waals surface area (Å²) in [5.74, 6) is 0.759.